The van der Waals surface area contributed by atoms with Crippen molar-refractivity contribution in [2.45, 2.75) is 19.0 Å². The topological polar surface area (TPSA) is 65.2 Å². The van der Waals surface area contributed by atoms with Crippen LogP contribution in [0.5, 0.6) is 5.88 Å². The largest absolute Gasteiger partial charge is 0.478 e. The molecule has 0 unspecified atom stereocenters. The number of fused-ring (bicyclic) bond motifs is 1. The van der Waals surface area contributed by atoms with E-state index < -0.39 is 0 Å². The van der Waals surface area contributed by atoms with Crippen molar-refractivity contribution in [3.8, 4) is 5.88 Å². The van der Waals surface area contributed by atoms with Gasteiger partial charge in [0.15, 0.2) is 5.69 Å². The fourth-order valence-electron chi connectivity index (χ4n) is 2.64. The molecule has 1 amide bonds. The molecule has 0 N–H and O–H groups in total. The second-order valence-electron chi connectivity index (χ2n) is 5.30. The van der Waals surface area contributed by atoms with Gasteiger partial charge in [-0.3, -0.25) is 9.48 Å². The predicted octanol–water partition coefficient (Wildman–Crippen LogP) is 1.32. The zero-order valence-electron chi connectivity index (χ0n) is 11.3. The van der Waals surface area contributed by atoms with E-state index in [1.54, 1.807) is 21.8 Å². The Balaban J connectivity index is 1.44. The minimum atomic E-state index is -0.0389. The molecule has 2 aromatic heterocycles. The Hall–Kier alpha value is -1.83. The van der Waals surface area contributed by atoms with E-state index in [0.717, 1.165) is 17.4 Å². The average molecular weight is 352 g/mol. The summed E-state index contributed by atoms with van der Waals surface area (Å²) in [6.45, 7) is 2.83. The lowest BCUT2D eigenvalue weighted by molar-refractivity contribution is 0.0494. The maximum Gasteiger partial charge on any atom is 0.274 e. The third-order valence-electron chi connectivity index (χ3n) is 3.82. The van der Waals surface area contributed by atoms with Crippen LogP contribution in [0.1, 0.15) is 23.0 Å². The number of likely N-dealkylation sites (tertiary alicyclic amines) is 1. The summed E-state index contributed by atoms with van der Waals surface area (Å²) >= 11 is 3.38. The highest BCUT2D eigenvalue weighted by molar-refractivity contribution is 9.10. The van der Waals surface area contributed by atoms with Crippen LogP contribution in [0.4, 0.5) is 0 Å². The standard InChI is InChI=1S/C13H14BrN5O2/c14-9-5-15-19(6-9)10-7-17(8-10)13(20)11-4-12-18(16-11)2-1-3-21-12/h4-6,10H,1-3,7-8H2. The molecule has 0 aliphatic carbocycles. The summed E-state index contributed by atoms with van der Waals surface area (Å²) in [5.41, 5.74) is 0.465. The van der Waals surface area contributed by atoms with Crippen LogP contribution in [0.3, 0.4) is 0 Å². The van der Waals surface area contributed by atoms with Gasteiger partial charge in [0.05, 0.1) is 23.3 Å². The van der Waals surface area contributed by atoms with Gasteiger partial charge >= 0.3 is 0 Å². The highest BCUT2D eigenvalue weighted by Crippen LogP contribution is 2.25. The first-order valence-corrected chi connectivity index (χ1v) is 7.69. The maximum atomic E-state index is 12.4. The normalized spacial score (nSPS) is 18.0. The molecule has 2 aliphatic heterocycles. The Morgan fingerprint density at radius 3 is 3.00 bits per heavy atom. The van der Waals surface area contributed by atoms with Crippen LogP contribution in [0, 0.1) is 0 Å². The van der Waals surface area contributed by atoms with Crippen molar-refractivity contribution in [3.05, 3.63) is 28.6 Å². The Labute approximate surface area is 129 Å². The first-order chi connectivity index (χ1) is 10.2. The lowest BCUT2D eigenvalue weighted by atomic mass is 10.1. The Bertz CT molecular complexity index is 665. The molecule has 0 aromatic carbocycles. The first-order valence-electron chi connectivity index (χ1n) is 6.90. The molecule has 0 bridgehead atoms. The van der Waals surface area contributed by atoms with Gasteiger partial charge < -0.3 is 9.64 Å². The van der Waals surface area contributed by atoms with Crippen LogP contribution < -0.4 is 4.74 Å². The summed E-state index contributed by atoms with van der Waals surface area (Å²) in [5.74, 6) is 0.653. The second kappa shape index (κ2) is 4.87. The van der Waals surface area contributed by atoms with Crippen molar-refractivity contribution >= 4 is 21.8 Å². The van der Waals surface area contributed by atoms with E-state index in [-0.39, 0.29) is 11.9 Å². The van der Waals surface area contributed by atoms with Gasteiger partial charge in [-0.25, -0.2) is 4.68 Å². The second-order valence-corrected chi connectivity index (χ2v) is 6.21. The van der Waals surface area contributed by atoms with Gasteiger partial charge in [-0.15, -0.1) is 0 Å². The molecule has 2 aromatic rings. The summed E-state index contributed by atoms with van der Waals surface area (Å²) < 4.78 is 10.1. The lowest BCUT2D eigenvalue weighted by Gasteiger charge is -2.38. The van der Waals surface area contributed by atoms with E-state index in [4.69, 9.17) is 4.74 Å². The number of aryl methyl sites for hydroxylation is 1. The van der Waals surface area contributed by atoms with Gasteiger partial charge in [0.1, 0.15) is 0 Å². The Morgan fingerprint density at radius 1 is 1.43 bits per heavy atom. The summed E-state index contributed by atoms with van der Waals surface area (Å²) in [6.07, 6.45) is 4.61. The van der Waals surface area contributed by atoms with Crippen LogP contribution in [-0.2, 0) is 6.54 Å². The van der Waals surface area contributed by atoms with Crippen molar-refractivity contribution in [3.63, 3.8) is 0 Å². The fraction of sp³-hybridized carbons (Fsp3) is 0.462. The molecular formula is C13H14BrN5O2. The van der Waals surface area contributed by atoms with Crippen LogP contribution in [-0.4, -0.2) is 50.1 Å². The van der Waals surface area contributed by atoms with Gasteiger partial charge in [-0.1, -0.05) is 0 Å². The quantitative estimate of drug-likeness (QED) is 0.818. The fourth-order valence-corrected chi connectivity index (χ4v) is 2.94. The van der Waals surface area contributed by atoms with E-state index in [2.05, 4.69) is 26.1 Å². The molecule has 7 nitrogen and oxygen atoms in total. The van der Waals surface area contributed by atoms with Gasteiger partial charge in [0.2, 0.25) is 5.88 Å². The van der Waals surface area contributed by atoms with Crippen molar-refractivity contribution in [2.24, 2.45) is 0 Å². The Morgan fingerprint density at radius 2 is 2.29 bits per heavy atom. The molecular weight excluding hydrogens is 338 g/mol. The monoisotopic (exact) mass is 351 g/mol. The Kier molecular flexibility index (Phi) is 2.99. The van der Waals surface area contributed by atoms with Gasteiger partial charge in [0, 0.05) is 38.3 Å². The smallest absolute Gasteiger partial charge is 0.274 e. The highest BCUT2D eigenvalue weighted by atomic mass is 79.9. The zero-order valence-corrected chi connectivity index (χ0v) is 12.9. The maximum absolute atomic E-state index is 12.4. The van der Waals surface area contributed by atoms with E-state index in [1.165, 1.54) is 0 Å². The molecule has 0 radical (unpaired) electrons. The number of carbonyl (C=O) groups is 1. The number of amides is 1. The molecule has 0 spiro atoms. The van der Waals surface area contributed by atoms with E-state index in [0.29, 0.717) is 31.3 Å². The average Bonchev–Trinajstić information content (AvgIpc) is 3.03. The van der Waals surface area contributed by atoms with Crippen molar-refractivity contribution in [1.82, 2.24) is 24.5 Å². The van der Waals surface area contributed by atoms with Crippen molar-refractivity contribution in [1.29, 1.82) is 0 Å². The zero-order chi connectivity index (χ0) is 14.4. The van der Waals surface area contributed by atoms with Crippen LogP contribution >= 0.6 is 15.9 Å². The minimum absolute atomic E-state index is 0.0389. The van der Waals surface area contributed by atoms with Crippen molar-refractivity contribution < 1.29 is 9.53 Å². The number of halogens is 1. The lowest BCUT2D eigenvalue weighted by Crippen LogP contribution is -2.51. The van der Waals surface area contributed by atoms with Crippen molar-refractivity contribution in [2.75, 3.05) is 19.7 Å². The molecule has 0 atom stereocenters. The van der Waals surface area contributed by atoms with Crippen LogP contribution in [0.2, 0.25) is 0 Å². The van der Waals surface area contributed by atoms with E-state index >= 15 is 0 Å². The molecule has 110 valence electrons. The van der Waals surface area contributed by atoms with Gasteiger partial charge in [-0.05, 0) is 15.9 Å². The molecule has 4 rings (SSSR count). The van der Waals surface area contributed by atoms with Gasteiger partial charge in [0.25, 0.3) is 5.91 Å². The van der Waals surface area contributed by atoms with Crippen LogP contribution in [0.25, 0.3) is 0 Å². The van der Waals surface area contributed by atoms with Crippen LogP contribution in [0.15, 0.2) is 22.9 Å². The molecule has 1 fully saturated rings. The first kappa shape index (κ1) is 12.9. The molecule has 1 saturated heterocycles. The number of hydrogen-bond acceptors (Lipinski definition) is 4. The van der Waals surface area contributed by atoms with E-state index in [9.17, 15) is 4.79 Å². The summed E-state index contributed by atoms with van der Waals surface area (Å²) in [4.78, 5) is 14.2. The highest BCUT2D eigenvalue weighted by Gasteiger charge is 2.34. The number of ether oxygens (including phenoxy) is 1. The summed E-state index contributed by atoms with van der Waals surface area (Å²) in [6, 6.07) is 1.98. The summed E-state index contributed by atoms with van der Waals surface area (Å²) in [7, 11) is 0. The predicted molar refractivity (Wildman–Crippen MR) is 77.2 cm³/mol. The number of hydrogen-bond donors (Lipinski definition) is 0. The molecule has 4 heterocycles. The number of carbonyl (C=O) groups excluding carboxylic acids is 1. The number of nitrogens with zero attached hydrogens (tertiary/aromatic N) is 5. The van der Waals surface area contributed by atoms with Gasteiger partial charge in [-0.2, -0.15) is 10.2 Å². The third-order valence-corrected chi connectivity index (χ3v) is 4.23. The number of rotatable bonds is 2. The minimum Gasteiger partial charge on any atom is -0.478 e. The third kappa shape index (κ3) is 2.23. The molecule has 8 heteroatoms. The number of aromatic nitrogens is 4. The molecule has 0 saturated carbocycles. The molecule has 2 aliphatic rings. The SMILES string of the molecule is O=C(c1cc2n(n1)CCCO2)N1CC(n2cc(Br)cn2)C1. The molecule has 21 heavy (non-hydrogen) atoms. The van der Waals surface area contributed by atoms with E-state index in [1.807, 2.05) is 10.9 Å². The summed E-state index contributed by atoms with van der Waals surface area (Å²) in [5, 5.41) is 8.58.